The van der Waals surface area contributed by atoms with Gasteiger partial charge in [0.25, 0.3) is 0 Å². The molecule has 0 aliphatic rings. The Morgan fingerprint density at radius 2 is 0.641 bits per heavy atom. The third-order valence-corrected chi connectivity index (χ3v) is 17.7. The van der Waals surface area contributed by atoms with Crippen molar-refractivity contribution in [2.75, 3.05) is 0 Å². The van der Waals surface area contributed by atoms with Crippen molar-refractivity contribution in [2.45, 2.75) is 0 Å². The minimum absolute atomic E-state index is 1.16. The molecule has 0 aliphatic heterocycles. The Morgan fingerprint density at radius 1 is 0.205 bits per heavy atom. The molecule has 13 aromatic carbocycles. The zero-order valence-electron chi connectivity index (χ0n) is 42.0. The summed E-state index contributed by atoms with van der Waals surface area (Å²) in [4.78, 5) is 0. The topological polar surface area (TPSA) is 18.7 Å². The van der Waals surface area contributed by atoms with Gasteiger partial charge in [-0.1, -0.05) is 170 Å². The SMILES string of the molecule is c1ccc(-n2c3ccccc3c3cc(-c4cccc5c6cccc7c8cc9c(cc8n(c45)c76)c4c5ccccc5cc5c6c7ccccc7cc(-c7ccc8c(c7)c7ccccc7n8-c7ccccc7)c6n9c54)ccc32)cc1. The Balaban J connectivity index is 0.931. The molecule has 6 heterocycles. The second-order valence-electron chi connectivity index (χ2n) is 21.5. The van der Waals surface area contributed by atoms with Gasteiger partial charge in [0.2, 0.25) is 0 Å². The largest absolute Gasteiger partial charge is 0.309 e. The third kappa shape index (κ3) is 5.10. The second kappa shape index (κ2) is 14.7. The summed E-state index contributed by atoms with van der Waals surface area (Å²) in [6.07, 6.45) is 0. The molecular formula is C74H42N4. The van der Waals surface area contributed by atoms with E-state index in [-0.39, 0.29) is 0 Å². The van der Waals surface area contributed by atoms with Crippen molar-refractivity contribution in [3.63, 3.8) is 0 Å². The van der Waals surface area contributed by atoms with Crippen molar-refractivity contribution in [2.24, 2.45) is 0 Å². The summed E-state index contributed by atoms with van der Waals surface area (Å²) in [5, 5.41) is 20.3. The average molecular weight is 987 g/mol. The molecule has 0 saturated heterocycles. The first kappa shape index (κ1) is 40.9. The van der Waals surface area contributed by atoms with Gasteiger partial charge in [-0.2, -0.15) is 0 Å². The molecule has 19 aromatic rings. The maximum atomic E-state index is 2.65. The van der Waals surface area contributed by atoms with Crippen LogP contribution in [-0.4, -0.2) is 17.9 Å². The molecule has 0 fully saturated rings. The van der Waals surface area contributed by atoms with E-state index >= 15 is 0 Å². The van der Waals surface area contributed by atoms with E-state index in [0.717, 1.165) is 5.69 Å². The van der Waals surface area contributed by atoms with Gasteiger partial charge < -0.3 is 17.9 Å². The number of nitrogens with zero attached hydrogens (tertiary/aromatic N) is 4. The molecule has 0 aliphatic carbocycles. The smallest absolute Gasteiger partial charge is 0.0627 e. The van der Waals surface area contributed by atoms with Crippen LogP contribution >= 0.6 is 0 Å². The zero-order valence-corrected chi connectivity index (χ0v) is 42.0. The number of hydrogen-bond donors (Lipinski definition) is 0. The van der Waals surface area contributed by atoms with Gasteiger partial charge in [0.05, 0.1) is 55.2 Å². The third-order valence-electron chi connectivity index (χ3n) is 17.7. The van der Waals surface area contributed by atoms with Crippen LogP contribution in [0.3, 0.4) is 0 Å². The number of hydrogen-bond acceptors (Lipinski definition) is 0. The molecule has 78 heavy (non-hydrogen) atoms. The van der Waals surface area contributed by atoms with E-state index in [1.54, 1.807) is 0 Å². The molecular weight excluding hydrogens is 945 g/mol. The fourth-order valence-corrected chi connectivity index (χ4v) is 14.6. The highest BCUT2D eigenvalue weighted by atomic mass is 15.0. The van der Waals surface area contributed by atoms with Gasteiger partial charge in [-0.15, -0.1) is 0 Å². The van der Waals surface area contributed by atoms with E-state index < -0.39 is 0 Å². The Kier molecular flexibility index (Phi) is 7.71. The Morgan fingerprint density at radius 3 is 1.28 bits per heavy atom. The molecule has 19 rings (SSSR count). The number of fused-ring (bicyclic) bond motifs is 22. The summed E-state index contributed by atoms with van der Waals surface area (Å²) in [6.45, 7) is 0. The minimum atomic E-state index is 1.16. The summed E-state index contributed by atoms with van der Waals surface area (Å²) in [5.41, 5.74) is 19.5. The number of aromatic nitrogens is 4. The lowest BCUT2D eigenvalue weighted by atomic mass is 9.93. The van der Waals surface area contributed by atoms with E-state index in [1.165, 1.54) is 169 Å². The van der Waals surface area contributed by atoms with Crippen molar-refractivity contribution in [1.82, 2.24) is 17.9 Å². The van der Waals surface area contributed by atoms with Crippen LogP contribution in [0.15, 0.2) is 255 Å². The van der Waals surface area contributed by atoms with Crippen molar-refractivity contribution in [3.05, 3.63) is 255 Å². The van der Waals surface area contributed by atoms with Crippen LogP contribution in [0.4, 0.5) is 0 Å². The van der Waals surface area contributed by atoms with Crippen LogP contribution in [0.5, 0.6) is 0 Å². The fourth-order valence-electron chi connectivity index (χ4n) is 14.6. The lowest BCUT2D eigenvalue weighted by molar-refractivity contribution is 1.18. The van der Waals surface area contributed by atoms with Gasteiger partial charge in [-0.3, -0.25) is 0 Å². The maximum absolute atomic E-state index is 2.65. The maximum Gasteiger partial charge on any atom is 0.0627 e. The van der Waals surface area contributed by atoms with E-state index in [0.29, 0.717) is 0 Å². The standard InChI is InChI=1S/C74H42N4/c1-3-19-47(20-4-1)75-63-31-13-11-25-52(63)58-38-45(33-35-65(58)75)51-27-15-28-54-55-29-16-30-56-60-41-68-61(42-67(60)77(71(51)54)72(55)56)69-49-23-9-8-18-44(49)40-62-70-50-24-10-7-17-43(50)37-57(73(70)78(68)74(62)69)46-34-36-66-59(39-46)53-26-12-14-32-64(53)76(66)48-21-5-2-6-22-48/h1-42H. The summed E-state index contributed by atoms with van der Waals surface area (Å²) >= 11 is 0. The average Bonchev–Trinajstić information content (AvgIpc) is 4.39. The van der Waals surface area contributed by atoms with Crippen molar-refractivity contribution in [1.29, 1.82) is 0 Å². The fraction of sp³-hybridized carbons (Fsp3) is 0. The molecule has 0 N–H and O–H groups in total. The molecule has 0 radical (unpaired) electrons. The lowest BCUT2D eigenvalue weighted by Gasteiger charge is -2.12. The molecule has 6 aromatic heterocycles. The Labute approximate surface area is 445 Å². The molecule has 0 saturated carbocycles. The molecule has 0 spiro atoms. The normalized spacial score (nSPS) is 12.6. The summed E-state index contributed by atoms with van der Waals surface area (Å²) in [5.74, 6) is 0. The van der Waals surface area contributed by atoms with Crippen LogP contribution in [0.25, 0.3) is 175 Å². The molecule has 0 atom stereocenters. The first-order valence-electron chi connectivity index (χ1n) is 27.1. The second-order valence-corrected chi connectivity index (χ2v) is 21.5. The van der Waals surface area contributed by atoms with Crippen LogP contribution in [0.2, 0.25) is 0 Å². The van der Waals surface area contributed by atoms with E-state index in [4.69, 9.17) is 0 Å². The Hall–Kier alpha value is -10.4. The highest BCUT2D eigenvalue weighted by Gasteiger charge is 2.28. The van der Waals surface area contributed by atoms with Crippen LogP contribution < -0.4 is 0 Å². The van der Waals surface area contributed by atoms with E-state index in [9.17, 15) is 0 Å². The highest BCUT2D eigenvalue weighted by Crippen LogP contribution is 2.51. The van der Waals surface area contributed by atoms with Crippen molar-refractivity contribution in [3.8, 4) is 33.6 Å². The molecule has 0 unspecified atom stereocenters. The van der Waals surface area contributed by atoms with E-state index in [2.05, 4.69) is 273 Å². The quantitative estimate of drug-likeness (QED) is 0.167. The van der Waals surface area contributed by atoms with Gasteiger partial charge in [0.15, 0.2) is 0 Å². The Bertz CT molecular complexity index is 5790. The van der Waals surface area contributed by atoms with Crippen LogP contribution in [-0.2, 0) is 0 Å². The van der Waals surface area contributed by atoms with Gasteiger partial charge >= 0.3 is 0 Å². The van der Waals surface area contributed by atoms with Gasteiger partial charge in [0, 0.05) is 87.1 Å². The van der Waals surface area contributed by atoms with E-state index in [1.807, 2.05) is 0 Å². The lowest BCUT2D eigenvalue weighted by Crippen LogP contribution is -1.93. The predicted molar refractivity (Wildman–Crippen MR) is 330 cm³/mol. The van der Waals surface area contributed by atoms with Gasteiger partial charge in [0.1, 0.15) is 0 Å². The van der Waals surface area contributed by atoms with Gasteiger partial charge in [-0.25, -0.2) is 0 Å². The molecule has 4 heteroatoms. The summed E-state index contributed by atoms with van der Waals surface area (Å²) in [6, 6.07) is 95.4. The zero-order chi connectivity index (χ0) is 50.5. The predicted octanol–water partition coefficient (Wildman–Crippen LogP) is 19.8. The number of benzene rings is 13. The number of rotatable bonds is 4. The summed E-state index contributed by atoms with van der Waals surface area (Å²) in [7, 11) is 0. The van der Waals surface area contributed by atoms with Crippen LogP contribution in [0, 0.1) is 0 Å². The highest BCUT2D eigenvalue weighted by molar-refractivity contribution is 6.37. The van der Waals surface area contributed by atoms with Crippen LogP contribution in [0.1, 0.15) is 0 Å². The molecule has 0 bridgehead atoms. The minimum Gasteiger partial charge on any atom is -0.309 e. The van der Waals surface area contributed by atoms with Gasteiger partial charge in [-0.05, 0) is 118 Å². The molecule has 0 amide bonds. The molecule has 4 nitrogen and oxygen atoms in total. The first-order valence-corrected chi connectivity index (χ1v) is 27.1. The molecule has 358 valence electrons. The van der Waals surface area contributed by atoms with Crippen molar-refractivity contribution >= 4 is 141 Å². The number of para-hydroxylation sites is 6. The van der Waals surface area contributed by atoms with Crippen molar-refractivity contribution < 1.29 is 0 Å². The monoisotopic (exact) mass is 986 g/mol. The summed E-state index contributed by atoms with van der Waals surface area (Å²) < 4.78 is 10.1. The first-order chi connectivity index (χ1) is 38.7.